The molecule has 3 amide bonds. The summed E-state index contributed by atoms with van der Waals surface area (Å²) in [5.74, 6) is -2.49. The molecule has 0 bridgehead atoms. The summed E-state index contributed by atoms with van der Waals surface area (Å²) in [5, 5.41) is 17.5. The average molecular weight is 813 g/mol. The van der Waals surface area contributed by atoms with Crippen molar-refractivity contribution in [3.05, 3.63) is 167 Å². The van der Waals surface area contributed by atoms with Crippen molar-refractivity contribution >= 4 is 41.6 Å². The van der Waals surface area contributed by atoms with Crippen LogP contribution in [0.15, 0.2) is 145 Å². The summed E-state index contributed by atoms with van der Waals surface area (Å²) in [6.45, 7) is -0.279. The third-order valence-corrected chi connectivity index (χ3v) is 11.8. The van der Waals surface area contributed by atoms with Gasteiger partial charge in [-0.1, -0.05) is 140 Å². The number of carboxylic acid groups (broad SMARTS) is 1. The second kappa shape index (κ2) is 20.2. The van der Waals surface area contributed by atoms with Gasteiger partial charge in [-0.2, -0.15) is 0 Å². The number of nitrogens with one attached hydrogen (secondary N) is 3. The number of nitrogens with zero attached hydrogens (tertiary/aromatic N) is 1. The fourth-order valence-corrected chi connectivity index (χ4v) is 9.01. The van der Waals surface area contributed by atoms with E-state index in [4.69, 9.17) is 16.2 Å². The molecule has 0 radical (unpaired) electrons. The van der Waals surface area contributed by atoms with Crippen LogP contribution >= 0.6 is 11.8 Å². The number of rotatable bonds is 19. The number of ether oxygens (including phenoxy) is 1. The number of nitrogens with two attached hydrogens (primary N) is 2. The molecular formula is C46H48N6O6S. The Morgan fingerprint density at radius 3 is 1.71 bits per heavy atom. The summed E-state index contributed by atoms with van der Waals surface area (Å²) in [7, 11) is 0. The van der Waals surface area contributed by atoms with E-state index in [1.165, 1.54) is 0 Å². The number of hydrogen-bond donors (Lipinski definition) is 6. The molecule has 8 N–H and O–H groups in total. The van der Waals surface area contributed by atoms with E-state index >= 15 is 0 Å². The number of guanidine groups is 1. The minimum atomic E-state index is -1.24. The van der Waals surface area contributed by atoms with E-state index in [9.17, 15) is 24.3 Å². The zero-order chi connectivity index (χ0) is 41.6. The number of carbonyl (C=O) groups excluding carboxylic acids is 3. The van der Waals surface area contributed by atoms with Crippen LogP contribution in [-0.4, -0.2) is 72.5 Å². The first-order valence-electron chi connectivity index (χ1n) is 19.4. The van der Waals surface area contributed by atoms with E-state index in [1.807, 2.05) is 103 Å². The van der Waals surface area contributed by atoms with Gasteiger partial charge in [0.2, 0.25) is 11.8 Å². The Balaban J connectivity index is 1.19. The van der Waals surface area contributed by atoms with Gasteiger partial charge in [-0.25, -0.2) is 9.59 Å². The Hall–Kier alpha value is -6.60. The molecule has 0 fully saturated rings. The van der Waals surface area contributed by atoms with Gasteiger partial charge in [0, 0.05) is 12.5 Å². The van der Waals surface area contributed by atoms with E-state index < -0.39 is 47.3 Å². The fourth-order valence-electron chi connectivity index (χ4n) is 7.45. The van der Waals surface area contributed by atoms with Crippen molar-refractivity contribution in [2.24, 2.45) is 16.5 Å². The van der Waals surface area contributed by atoms with Crippen molar-refractivity contribution in [3.63, 3.8) is 0 Å². The van der Waals surface area contributed by atoms with Crippen molar-refractivity contribution in [2.75, 3.05) is 25.4 Å². The lowest BCUT2D eigenvalue weighted by Gasteiger charge is -2.36. The SMILES string of the molecule is NC(N)=NCCC[C@H](NC(=O)CNC(=O)[C@H](CCSC(c1ccccc1)(c1ccccc1)c1ccccc1)NC(=O)OCC1c2ccccc2-c2ccccc21)C(=O)O. The van der Waals surface area contributed by atoms with Gasteiger partial charge >= 0.3 is 12.1 Å². The van der Waals surface area contributed by atoms with Crippen LogP contribution in [0.2, 0.25) is 0 Å². The average Bonchev–Trinajstić information content (AvgIpc) is 3.58. The van der Waals surface area contributed by atoms with Crippen LogP contribution in [0.25, 0.3) is 11.1 Å². The molecule has 5 aromatic carbocycles. The second-order valence-electron chi connectivity index (χ2n) is 14.1. The normalized spacial score (nSPS) is 12.9. The summed E-state index contributed by atoms with van der Waals surface area (Å²) < 4.78 is 5.16. The van der Waals surface area contributed by atoms with Gasteiger partial charge in [0.1, 0.15) is 18.7 Å². The Kier molecular flexibility index (Phi) is 14.4. The van der Waals surface area contributed by atoms with Crippen molar-refractivity contribution < 1.29 is 29.0 Å². The lowest BCUT2D eigenvalue weighted by molar-refractivity contribution is -0.142. The first-order chi connectivity index (χ1) is 28.7. The number of aliphatic carboxylic acids is 1. The lowest BCUT2D eigenvalue weighted by atomic mass is 9.84. The van der Waals surface area contributed by atoms with E-state index in [0.29, 0.717) is 12.2 Å². The number of amides is 3. The zero-order valence-corrected chi connectivity index (χ0v) is 33.3. The van der Waals surface area contributed by atoms with Gasteiger partial charge in [-0.15, -0.1) is 11.8 Å². The van der Waals surface area contributed by atoms with Crippen LogP contribution in [0.4, 0.5) is 4.79 Å². The molecule has 0 aromatic heterocycles. The molecule has 13 heteroatoms. The topological polar surface area (TPSA) is 198 Å². The van der Waals surface area contributed by atoms with Crippen LogP contribution in [0.3, 0.4) is 0 Å². The number of aliphatic imine (C=N–C) groups is 1. The van der Waals surface area contributed by atoms with Gasteiger partial charge in [0.25, 0.3) is 0 Å². The Morgan fingerprint density at radius 1 is 0.695 bits per heavy atom. The highest BCUT2D eigenvalue weighted by molar-refractivity contribution is 8.00. The molecule has 0 spiro atoms. The predicted octanol–water partition coefficient (Wildman–Crippen LogP) is 5.75. The minimum Gasteiger partial charge on any atom is -0.480 e. The molecule has 0 aliphatic heterocycles. The summed E-state index contributed by atoms with van der Waals surface area (Å²) in [5.41, 5.74) is 18.1. The molecule has 59 heavy (non-hydrogen) atoms. The quantitative estimate of drug-likeness (QED) is 0.0260. The van der Waals surface area contributed by atoms with Gasteiger partial charge in [0.15, 0.2) is 5.96 Å². The number of benzene rings is 5. The first kappa shape index (κ1) is 42.0. The van der Waals surface area contributed by atoms with Gasteiger partial charge in [-0.3, -0.25) is 14.6 Å². The predicted molar refractivity (Wildman–Crippen MR) is 231 cm³/mol. The zero-order valence-electron chi connectivity index (χ0n) is 32.5. The molecule has 0 heterocycles. The summed E-state index contributed by atoms with van der Waals surface area (Å²) in [6, 6.07) is 44.0. The molecule has 2 atom stereocenters. The van der Waals surface area contributed by atoms with Crippen LogP contribution in [0.1, 0.15) is 53.0 Å². The summed E-state index contributed by atoms with van der Waals surface area (Å²) in [6.07, 6.45) is -0.240. The maximum atomic E-state index is 13.9. The largest absolute Gasteiger partial charge is 0.480 e. The van der Waals surface area contributed by atoms with Gasteiger partial charge in [-0.05, 0) is 64.0 Å². The van der Waals surface area contributed by atoms with Crippen LogP contribution < -0.4 is 27.4 Å². The molecular weight excluding hydrogens is 765 g/mol. The maximum absolute atomic E-state index is 13.9. The number of thioether (sulfide) groups is 1. The molecule has 304 valence electrons. The third kappa shape index (κ3) is 10.5. The highest BCUT2D eigenvalue weighted by Crippen LogP contribution is 2.49. The van der Waals surface area contributed by atoms with Crippen molar-refractivity contribution in [3.8, 4) is 11.1 Å². The third-order valence-electron chi connectivity index (χ3n) is 10.2. The second-order valence-corrected chi connectivity index (χ2v) is 15.4. The fraction of sp³-hybridized carbons (Fsp3) is 0.239. The smallest absolute Gasteiger partial charge is 0.407 e. The number of alkyl carbamates (subject to hydrolysis) is 1. The van der Waals surface area contributed by atoms with E-state index in [-0.39, 0.29) is 37.9 Å². The number of carbonyl (C=O) groups is 4. The van der Waals surface area contributed by atoms with Crippen LogP contribution in [0.5, 0.6) is 0 Å². The molecule has 6 rings (SSSR count). The summed E-state index contributed by atoms with van der Waals surface area (Å²) in [4.78, 5) is 56.2. The Morgan fingerprint density at radius 2 is 1.20 bits per heavy atom. The number of carboxylic acids is 1. The molecule has 1 aliphatic rings. The summed E-state index contributed by atoms with van der Waals surface area (Å²) >= 11 is 1.63. The van der Waals surface area contributed by atoms with Gasteiger partial charge < -0.3 is 37.3 Å². The highest BCUT2D eigenvalue weighted by Gasteiger charge is 2.37. The van der Waals surface area contributed by atoms with Crippen molar-refractivity contribution in [2.45, 2.75) is 42.0 Å². The standard InChI is InChI=1S/C46H48N6O6S/c47-44(48)49-27-14-25-40(43(55)56)51-41(53)29-50-42(54)39(52-45(57)58-30-38-36-23-12-10-21-34(36)35-22-11-13-24-37(35)38)26-28-59-46(31-15-4-1-5-16-31,32-17-6-2-7-18-32)33-19-8-3-9-20-33/h1-13,15-24,38-40H,14,25-30H2,(H,50,54)(H,51,53)(H,52,57)(H,55,56)(H4,47,48,49)/t39-,40-/m0/s1. The van der Waals surface area contributed by atoms with E-state index in [0.717, 1.165) is 38.9 Å². The van der Waals surface area contributed by atoms with Crippen LogP contribution in [-0.2, 0) is 23.9 Å². The molecule has 0 saturated heterocycles. The minimum absolute atomic E-state index is 0.0459. The molecule has 0 saturated carbocycles. The number of fused-ring (bicyclic) bond motifs is 3. The number of hydrogen-bond acceptors (Lipinski definition) is 7. The van der Waals surface area contributed by atoms with Gasteiger partial charge in [0.05, 0.1) is 11.3 Å². The van der Waals surface area contributed by atoms with Crippen molar-refractivity contribution in [1.82, 2.24) is 16.0 Å². The van der Waals surface area contributed by atoms with E-state index in [1.54, 1.807) is 11.8 Å². The molecule has 1 aliphatic carbocycles. The maximum Gasteiger partial charge on any atom is 0.407 e. The highest BCUT2D eigenvalue weighted by atomic mass is 32.2. The molecule has 5 aromatic rings. The first-order valence-corrected chi connectivity index (χ1v) is 20.4. The monoisotopic (exact) mass is 812 g/mol. The van der Waals surface area contributed by atoms with Crippen molar-refractivity contribution in [1.29, 1.82) is 0 Å². The molecule has 12 nitrogen and oxygen atoms in total. The van der Waals surface area contributed by atoms with E-state index in [2.05, 4.69) is 57.3 Å². The Bertz CT molecular complexity index is 2090. The Labute approximate surface area is 347 Å². The molecule has 0 unspecified atom stereocenters. The van der Waals surface area contributed by atoms with Crippen LogP contribution in [0, 0.1) is 0 Å². The lowest BCUT2D eigenvalue weighted by Crippen LogP contribution is -2.51.